The summed E-state index contributed by atoms with van der Waals surface area (Å²) in [5.74, 6) is 0.685. The quantitative estimate of drug-likeness (QED) is 0.413. The zero-order valence-corrected chi connectivity index (χ0v) is 18.0. The summed E-state index contributed by atoms with van der Waals surface area (Å²) in [5.41, 5.74) is 0. The lowest BCUT2D eigenvalue weighted by atomic mass is 9.96. The number of hydrogen-bond donors (Lipinski definition) is 0. The summed E-state index contributed by atoms with van der Waals surface area (Å²) in [6.45, 7) is 2.24. The van der Waals surface area contributed by atoms with E-state index in [1.807, 2.05) is 0 Å². The minimum Gasteiger partial charge on any atom is -0.377 e. The van der Waals surface area contributed by atoms with Crippen molar-refractivity contribution < 1.29 is 26.6 Å². The lowest BCUT2D eigenvalue weighted by molar-refractivity contribution is 0.121. The molecular weight excluding hydrogens is 332 g/mol. The molecule has 0 heterocycles. The molecule has 0 saturated carbocycles. The molecule has 0 aromatic heterocycles. The first-order valence-corrected chi connectivity index (χ1v) is 12.2. The molecule has 0 radical (unpaired) electrons. The van der Waals surface area contributed by atoms with Gasteiger partial charge in [0.2, 0.25) is 0 Å². The Balaban J connectivity index is 4.22. The van der Waals surface area contributed by atoms with E-state index in [1.54, 1.807) is 42.7 Å². The first-order valence-electron chi connectivity index (χ1n) is 8.31. The van der Waals surface area contributed by atoms with Gasteiger partial charge >= 0.3 is 17.6 Å². The zero-order valence-electron chi connectivity index (χ0n) is 16.0. The molecule has 0 atom stereocenters. The van der Waals surface area contributed by atoms with Crippen LogP contribution in [0.2, 0.25) is 12.1 Å². The van der Waals surface area contributed by atoms with Gasteiger partial charge in [-0.2, -0.15) is 0 Å². The van der Waals surface area contributed by atoms with E-state index in [0.717, 1.165) is 37.8 Å². The van der Waals surface area contributed by atoms with Gasteiger partial charge in [0.15, 0.2) is 0 Å². The van der Waals surface area contributed by atoms with E-state index in [9.17, 15) is 0 Å². The van der Waals surface area contributed by atoms with Crippen LogP contribution in [0, 0.1) is 5.92 Å². The molecular formula is C15H36O6Si2. The molecule has 0 bridgehead atoms. The normalized spacial score (nSPS) is 13.0. The maximum Gasteiger partial charge on any atom is 0.500 e. The van der Waals surface area contributed by atoms with Crippen molar-refractivity contribution in [3.05, 3.63) is 0 Å². The monoisotopic (exact) mass is 368 g/mol. The minimum atomic E-state index is -2.43. The second-order valence-electron chi connectivity index (χ2n) is 5.65. The van der Waals surface area contributed by atoms with E-state index in [0.29, 0.717) is 5.92 Å². The Morgan fingerprint density at radius 1 is 0.609 bits per heavy atom. The van der Waals surface area contributed by atoms with Gasteiger partial charge in [0.1, 0.15) is 0 Å². The maximum absolute atomic E-state index is 5.47. The van der Waals surface area contributed by atoms with Crippen LogP contribution in [-0.2, 0) is 26.6 Å². The Morgan fingerprint density at radius 2 is 0.913 bits per heavy atom. The number of rotatable bonds is 15. The fraction of sp³-hybridized carbons (Fsp3) is 1.00. The van der Waals surface area contributed by atoms with Crippen LogP contribution in [-0.4, -0.2) is 60.3 Å². The molecule has 0 aromatic carbocycles. The van der Waals surface area contributed by atoms with Crippen molar-refractivity contribution in [2.75, 3.05) is 42.7 Å². The molecule has 0 fully saturated rings. The Hall–Kier alpha value is 0.194. The highest BCUT2D eigenvalue weighted by Crippen LogP contribution is 2.25. The molecule has 0 aliphatic heterocycles. The zero-order chi connectivity index (χ0) is 17.8. The largest absolute Gasteiger partial charge is 0.500 e. The molecule has 0 rings (SSSR count). The van der Waals surface area contributed by atoms with Gasteiger partial charge in [-0.15, -0.1) is 0 Å². The minimum absolute atomic E-state index is 0.685. The van der Waals surface area contributed by atoms with Crippen LogP contribution in [0.1, 0.15) is 39.0 Å². The Kier molecular flexibility index (Phi) is 12.6. The van der Waals surface area contributed by atoms with Crippen molar-refractivity contribution in [3.63, 3.8) is 0 Å². The summed E-state index contributed by atoms with van der Waals surface area (Å²) in [5, 5.41) is 0. The van der Waals surface area contributed by atoms with Crippen molar-refractivity contribution in [2.45, 2.75) is 51.1 Å². The molecule has 23 heavy (non-hydrogen) atoms. The molecule has 0 saturated heterocycles. The van der Waals surface area contributed by atoms with E-state index in [4.69, 9.17) is 26.6 Å². The molecule has 0 aromatic rings. The smallest absolute Gasteiger partial charge is 0.377 e. The van der Waals surface area contributed by atoms with Crippen molar-refractivity contribution in [1.29, 1.82) is 0 Å². The third-order valence-corrected chi connectivity index (χ3v) is 10.3. The van der Waals surface area contributed by atoms with Crippen LogP contribution in [0.5, 0.6) is 0 Å². The van der Waals surface area contributed by atoms with Gasteiger partial charge in [-0.25, -0.2) is 0 Å². The maximum atomic E-state index is 5.47. The van der Waals surface area contributed by atoms with Crippen molar-refractivity contribution in [1.82, 2.24) is 0 Å². The Bertz CT molecular complexity index is 243. The highest BCUT2D eigenvalue weighted by molar-refractivity contribution is 6.60. The molecule has 0 N–H and O–H groups in total. The van der Waals surface area contributed by atoms with Crippen LogP contribution in [0.3, 0.4) is 0 Å². The van der Waals surface area contributed by atoms with Gasteiger partial charge < -0.3 is 26.6 Å². The third-order valence-electron chi connectivity index (χ3n) is 4.63. The molecule has 0 amide bonds. The average Bonchev–Trinajstić information content (AvgIpc) is 2.61. The summed E-state index contributed by atoms with van der Waals surface area (Å²) in [6, 6.07) is 1.72. The fourth-order valence-corrected chi connectivity index (χ4v) is 6.38. The van der Waals surface area contributed by atoms with Gasteiger partial charge in [-0.05, 0) is 18.8 Å². The van der Waals surface area contributed by atoms with Crippen molar-refractivity contribution in [3.8, 4) is 0 Å². The lowest BCUT2D eigenvalue weighted by Gasteiger charge is -2.26. The molecule has 0 aliphatic carbocycles. The molecule has 0 spiro atoms. The predicted octanol–water partition coefficient (Wildman–Crippen LogP) is 3.33. The second kappa shape index (κ2) is 12.5. The first-order chi connectivity index (χ1) is 11.0. The van der Waals surface area contributed by atoms with Crippen LogP contribution >= 0.6 is 0 Å². The van der Waals surface area contributed by atoms with E-state index < -0.39 is 17.6 Å². The first kappa shape index (κ1) is 23.2. The molecule has 0 aliphatic rings. The Morgan fingerprint density at radius 3 is 1.13 bits per heavy atom. The van der Waals surface area contributed by atoms with Crippen LogP contribution in [0.25, 0.3) is 0 Å². The average molecular weight is 369 g/mol. The topological polar surface area (TPSA) is 55.4 Å². The summed E-state index contributed by atoms with van der Waals surface area (Å²) in [6.07, 6.45) is 5.60. The highest BCUT2D eigenvalue weighted by Gasteiger charge is 2.38. The van der Waals surface area contributed by atoms with Gasteiger partial charge in [-0.1, -0.05) is 26.2 Å². The van der Waals surface area contributed by atoms with Gasteiger partial charge in [0.05, 0.1) is 0 Å². The molecule has 8 heteroatoms. The lowest BCUT2D eigenvalue weighted by Crippen LogP contribution is -2.42. The summed E-state index contributed by atoms with van der Waals surface area (Å²) >= 11 is 0. The van der Waals surface area contributed by atoms with Crippen LogP contribution < -0.4 is 0 Å². The van der Waals surface area contributed by atoms with Gasteiger partial charge in [0.25, 0.3) is 0 Å². The summed E-state index contributed by atoms with van der Waals surface area (Å²) in [4.78, 5) is 0. The van der Waals surface area contributed by atoms with E-state index in [2.05, 4.69) is 6.92 Å². The van der Waals surface area contributed by atoms with E-state index in [1.165, 1.54) is 6.42 Å². The van der Waals surface area contributed by atoms with Crippen LogP contribution in [0.15, 0.2) is 0 Å². The molecule has 0 unspecified atom stereocenters. The highest BCUT2D eigenvalue weighted by atomic mass is 28.4. The van der Waals surface area contributed by atoms with E-state index in [-0.39, 0.29) is 0 Å². The number of hydrogen-bond acceptors (Lipinski definition) is 6. The van der Waals surface area contributed by atoms with Crippen molar-refractivity contribution >= 4 is 17.6 Å². The summed E-state index contributed by atoms with van der Waals surface area (Å²) in [7, 11) is 5.15. The van der Waals surface area contributed by atoms with Crippen molar-refractivity contribution in [2.24, 2.45) is 5.92 Å². The van der Waals surface area contributed by atoms with Crippen LogP contribution in [0.4, 0.5) is 0 Å². The fourth-order valence-electron chi connectivity index (χ4n) is 2.88. The molecule has 6 nitrogen and oxygen atoms in total. The Labute approximate surface area is 144 Å². The standard InChI is InChI=1S/C15H36O6Si2/c1-8-15(11-9-13-22(16-2,17-3)18-4)12-10-14-23(19-5,20-6)21-7/h15H,8-14H2,1-7H3. The van der Waals surface area contributed by atoms with E-state index >= 15 is 0 Å². The van der Waals surface area contributed by atoms with Gasteiger partial charge in [-0.3, -0.25) is 0 Å². The van der Waals surface area contributed by atoms with Gasteiger partial charge in [0, 0.05) is 54.7 Å². The predicted molar refractivity (Wildman–Crippen MR) is 95.4 cm³/mol. The summed E-state index contributed by atoms with van der Waals surface area (Å²) < 4.78 is 32.8. The SMILES string of the molecule is CCC(CCC[Si](OC)(OC)OC)CCC[Si](OC)(OC)OC. The molecule has 140 valence electrons. The third kappa shape index (κ3) is 7.74. The second-order valence-corrected chi connectivity index (χ2v) is 11.8.